The minimum atomic E-state index is -0.679. The second-order valence-corrected chi connectivity index (χ2v) is 2.94. The van der Waals surface area contributed by atoms with Crippen molar-refractivity contribution in [3.63, 3.8) is 0 Å². The van der Waals surface area contributed by atoms with Gasteiger partial charge in [-0.1, -0.05) is 4.48 Å². The van der Waals surface area contributed by atoms with Crippen molar-refractivity contribution in [2.45, 2.75) is 6.42 Å². The number of hydrogen-bond donors (Lipinski definition) is 0. The number of fused-ring (bicyclic) bond motifs is 1. The Labute approximate surface area is 73.7 Å². The van der Waals surface area contributed by atoms with E-state index in [9.17, 15) is 13.7 Å². The Morgan fingerprint density at radius 2 is 2.15 bits per heavy atom. The number of hydrogen-bond acceptors (Lipinski definition) is 1. The fourth-order valence-electron chi connectivity index (χ4n) is 1.43. The van der Waals surface area contributed by atoms with Crippen molar-refractivity contribution in [2.75, 3.05) is 6.54 Å². The Kier molecular flexibility index (Phi) is 1.76. The molecule has 4 heteroatoms. The summed E-state index contributed by atoms with van der Waals surface area (Å²) in [6.45, 7) is 0.00921. The average Bonchev–Trinajstić information content (AvgIpc) is 2.12. The molecule has 0 bridgehead atoms. The van der Waals surface area contributed by atoms with Crippen molar-refractivity contribution >= 4 is 5.91 Å². The molecule has 0 atom stereocenters. The van der Waals surface area contributed by atoms with Gasteiger partial charge in [0.2, 0.25) is 0 Å². The van der Waals surface area contributed by atoms with Crippen molar-refractivity contribution in [3.8, 4) is 0 Å². The van der Waals surface area contributed by atoms with Crippen LogP contribution < -0.4 is 0 Å². The predicted molar refractivity (Wildman–Crippen MR) is 42.2 cm³/mol. The third-order valence-electron chi connectivity index (χ3n) is 2.10. The van der Waals surface area contributed by atoms with Crippen molar-refractivity contribution in [1.82, 2.24) is 5.12 Å². The molecule has 0 radical (unpaired) electrons. The van der Waals surface area contributed by atoms with Crippen molar-refractivity contribution in [2.24, 2.45) is 0 Å². The number of carbonyl (C=O) groups excluding carboxylic acids is 1. The van der Waals surface area contributed by atoms with Crippen LogP contribution in [0.2, 0.25) is 0 Å². The summed E-state index contributed by atoms with van der Waals surface area (Å²) in [4.78, 5) is 11.2. The number of amides is 1. The van der Waals surface area contributed by atoms with E-state index in [1.54, 1.807) is 0 Å². The van der Waals surface area contributed by atoms with Gasteiger partial charge in [-0.3, -0.25) is 4.79 Å². The van der Waals surface area contributed by atoms with Gasteiger partial charge in [-0.15, -0.1) is 0 Å². The van der Waals surface area contributed by atoms with Crippen LogP contribution in [0, 0.1) is 5.82 Å². The molecule has 1 aromatic rings. The van der Waals surface area contributed by atoms with Gasteiger partial charge in [-0.25, -0.2) is 4.39 Å². The summed E-state index contributed by atoms with van der Waals surface area (Å²) in [5, 5.41) is 0.153. The molecule has 2 rings (SSSR count). The van der Waals surface area contributed by atoms with Gasteiger partial charge in [0.25, 0.3) is 5.91 Å². The highest BCUT2D eigenvalue weighted by atomic mass is 19.2. The standard InChI is InChI=1S/C9H7F2NO/c10-7-1-2-8-6(5-7)3-4-12(11)9(8)13/h1-2,5H,3-4H2. The maximum absolute atomic E-state index is 12.7. The Hall–Kier alpha value is -1.45. The van der Waals surface area contributed by atoms with Crippen LogP contribution in [0.3, 0.4) is 0 Å². The topological polar surface area (TPSA) is 20.3 Å². The van der Waals surface area contributed by atoms with Gasteiger partial charge in [-0.05, 0) is 30.2 Å². The van der Waals surface area contributed by atoms with E-state index in [0.717, 1.165) is 6.07 Å². The first-order valence-electron chi connectivity index (χ1n) is 3.94. The van der Waals surface area contributed by atoms with Gasteiger partial charge in [-0.2, -0.15) is 5.12 Å². The van der Waals surface area contributed by atoms with Gasteiger partial charge < -0.3 is 0 Å². The minimum absolute atomic E-state index is 0.00921. The number of rotatable bonds is 0. The maximum Gasteiger partial charge on any atom is 0.281 e. The van der Waals surface area contributed by atoms with Crippen molar-refractivity contribution in [3.05, 3.63) is 35.1 Å². The molecular weight excluding hydrogens is 176 g/mol. The van der Waals surface area contributed by atoms with Crippen LogP contribution >= 0.6 is 0 Å². The lowest BCUT2D eigenvalue weighted by Gasteiger charge is -2.20. The molecule has 0 saturated carbocycles. The van der Waals surface area contributed by atoms with Crippen LogP contribution in [0.4, 0.5) is 8.87 Å². The van der Waals surface area contributed by atoms with Crippen molar-refractivity contribution in [1.29, 1.82) is 0 Å². The number of halogens is 2. The quantitative estimate of drug-likeness (QED) is 0.560. The highest BCUT2D eigenvalue weighted by Gasteiger charge is 2.24. The van der Waals surface area contributed by atoms with Crippen molar-refractivity contribution < 1.29 is 13.7 Å². The molecule has 0 spiro atoms. The molecule has 0 fully saturated rings. The minimum Gasteiger partial charge on any atom is -0.266 e. The molecule has 0 unspecified atom stereocenters. The van der Waals surface area contributed by atoms with E-state index in [0.29, 0.717) is 12.0 Å². The molecule has 1 aromatic carbocycles. The summed E-state index contributed by atoms with van der Waals surface area (Å²) in [7, 11) is 0. The van der Waals surface area contributed by atoms with Gasteiger partial charge in [0.05, 0.1) is 6.54 Å². The lowest BCUT2D eigenvalue weighted by atomic mass is 10.0. The van der Waals surface area contributed by atoms with Gasteiger partial charge in [0, 0.05) is 5.56 Å². The average molecular weight is 183 g/mol. The van der Waals surface area contributed by atoms with E-state index < -0.39 is 5.91 Å². The molecule has 0 saturated heterocycles. The van der Waals surface area contributed by atoms with Crippen LogP contribution in [0.1, 0.15) is 15.9 Å². The van der Waals surface area contributed by atoms with E-state index in [4.69, 9.17) is 0 Å². The van der Waals surface area contributed by atoms with Crippen LogP contribution in [0.15, 0.2) is 18.2 Å². The van der Waals surface area contributed by atoms with Crippen LogP contribution in [-0.4, -0.2) is 17.6 Å². The predicted octanol–water partition coefficient (Wildman–Crippen LogP) is 1.71. The first-order chi connectivity index (χ1) is 6.18. The van der Waals surface area contributed by atoms with E-state index in [1.165, 1.54) is 12.1 Å². The van der Waals surface area contributed by atoms with Gasteiger partial charge in [0.1, 0.15) is 5.82 Å². The normalized spacial score (nSPS) is 15.8. The lowest BCUT2D eigenvalue weighted by molar-refractivity contribution is 0.0170. The highest BCUT2D eigenvalue weighted by Crippen LogP contribution is 2.19. The van der Waals surface area contributed by atoms with Gasteiger partial charge >= 0.3 is 0 Å². The molecular formula is C9H7F2NO. The second-order valence-electron chi connectivity index (χ2n) is 2.94. The number of nitrogens with zero attached hydrogens (tertiary/aromatic N) is 1. The first kappa shape index (κ1) is 8.16. The molecule has 68 valence electrons. The highest BCUT2D eigenvalue weighted by molar-refractivity contribution is 5.95. The molecule has 1 aliphatic rings. The first-order valence-corrected chi connectivity index (χ1v) is 3.94. The molecule has 1 aliphatic heterocycles. The SMILES string of the molecule is O=C1c2ccc(F)cc2CCN1F. The Morgan fingerprint density at radius 1 is 1.38 bits per heavy atom. The summed E-state index contributed by atoms with van der Waals surface area (Å²) >= 11 is 0. The molecule has 2 nitrogen and oxygen atoms in total. The van der Waals surface area contributed by atoms with Gasteiger partial charge in [0.15, 0.2) is 0 Å². The summed E-state index contributed by atoms with van der Waals surface area (Å²) in [6, 6.07) is 3.76. The summed E-state index contributed by atoms with van der Waals surface area (Å²) in [6.07, 6.45) is 0.370. The van der Waals surface area contributed by atoms with E-state index in [2.05, 4.69) is 0 Å². The molecule has 13 heavy (non-hydrogen) atoms. The fraction of sp³-hybridized carbons (Fsp3) is 0.222. The van der Waals surface area contributed by atoms with Crippen LogP contribution in [0.25, 0.3) is 0 Å². The van der Waals surface area contributed by atoms with E-state index in [-0.39, 0.29) is 23.0 Å². The lowest BCUT2D eigenvalue weighted by Crippen LogP contribution is -2.31. The van der Waals surface area contributed by atoms with Crippen LogP contribution in [-0.2, 0) is 6.42 Å². The molecule has 0 aromatic heterocycles. The summed E-state index contributed by atoms with van der Waals surface area (Å²) in [5.74, 6) is -1.07. The third kappa shape index (κ3) is 1.28. The smallest absolute Gasteiger partial charge is 0.266 e. The van der Waals surface area contributed by atoms with E-state index in [1.807, 2.05) is 0 Å². The zero-order chi connectivity index (χ0) is 9.42. The van der Waals surface area contributed by atoms with Crippen LogP contribution in [0.5, 0.6) is 0 Å². The molecule has 1 amide bonds. The maximum atomic E-state index is 12.7. The molecule has 1 heterocycles. The van der Waals surface area contributed by atoms with E-state index >= 15 is 0 Å². The third-order valence-corrected chi connectivity index (χ3v) is 2.10. The number of carbonyl (C=O) groups is 1. The monoisotopic (exact) mass is 183 g/mol. The Balaban J connectivity index is 2.50. The number of benzene rings is 1. The zero-order valence-electron chi connectivity index (χ0n) is 6.76. The Bertz CT molecular complexity index is 365. The Morgan fingerprint density at radius 3 is 2.92 bits per heavy atom. The second kappa shape index (κ2) is 2.80. The summed E-state index contributed by atoms with van der Waals surface area (Å²) in [5.41, 5.74) is 0.842. The zero-order valence-corrected chi connectivity index (χ0v) is 6.76. The summed E-state index contributed by atoms with van der Waals surface area (Å²) < 4.78 is 25.4. The fourth-order valence-corrected chi connectivity index (χ4v) is 1.43. The largest absolute Gasteiger partial charge is 0.281 e. The molecule has 0 N–H and O–H groups in total. The molecule has 0 aliphatic carbocycles.